The van der Waals surface area contributed by atoms with Crippen molar-refractivity contribution in [3.8, 4) is 5.75 Å². The molecule has 0 aliphatic carbocycles. The maximum Gasteiger partial charge on any atom is 0.259 e. The molecule has 0 aliphatic heterocycles. The molecule has 0 aliphatic rings. The van der Waals surface area contributed by atoms with Crippen LogP contribution in [-0.2, 0) is 4.79 Å². The first-order valence-electron chi connectivity index (χ1n) is 6.98. The first kappa shape index (κ1) is 16.2. The largest absolute Gasteiger partial charge is 0.497 e. The number of methoxy groups -OCH3 is 1. The van der Waals surface area contributed by atoms with Crippen molar-refractivity contribution >= 4 is 18.0 Å². The van der Waals surface area contributed by atoms with E-state index >= 15 is 0 Å². The van der Waals surface area contributed by atoms with Crippen molar-refractivity contribution in [2.75, 3.05) is 13.7 Å². The molecule has 0 unspecified atom stereocenters. The highest BCUT2D eigenvalue weighted by atomic mass is 16.5. The van der Waals surface area contributed by atoms with Gasteiger partial charge in [0.25, 0.3) is 11.8 Å². The summed E-state index contributed by atoms with van der Waals surface area (Å²) in [5, 5.41) is 6.34. The second-order valence-corrected chi connectivity index (χ2v) is 4.62. The Balaban J connectivity index is 1.79. The van der Waals surface area contributed by atoms with Gasteiger partial charge in [-0.2, -0.15) is 5.10 Å². The minimum atomic E-state index is -0.409. The van der Waals surface area contributed by atoms with E-state index in [1.54, 1.807) is 24.3 Å². The van der Waals surface area contributed by atoms with Gasteiger partial charge in [-0.15, -0.1) is 0 Å². The normalized spacial score (nSPS) is 10.3. The van der Waals surface area contributed by atoms with Gasteiger partial charge in [0.2, 0.25) is 0 Å². The maximum absolute atomic E-state index is 11.9. The molecule has 0 spiro atoms. The molecule has 2 aromatic carbocycles. The Bertz CT molecular complexity index is 699. The predicted octanol–water partition coefficient (Wildman–Crippen LogP) is 1.58. The number of ether oxygens (including phenoxy) is 1. The van der Waals surface area contributed by atoms with Gasteiger partial charge in [-0.3, -0.25) is 9.59 Å². The van der Waals surface area contributed by atoms with E-state index in [2.05, 4.69) is 15.8 Å². The van der Waals surface area contributed by atoms with Crippen molar-refractivity contribution in [3.05, 3.63) is 65.7 Å². The van der Waals surface area contributed by atoms with Crippen LogP contribution in [0.4, 0.5) is 0 Å². The molecule has 2 amide bonds. The fourth-order valence-electron chi connectivity index (χ4n) is 1.78. The molecule has 0 saturated heterocycles. The average Bonchev–Trinajstić information content (AvgIpc) is 2.60. The summed E-state index contributed by atoms with van der Waals surface area (Å²) in [6, 6.07) is 16.0. The SMILES string of the molecule is COc1cccc(C(=O)NCC(=O)N/N=C/c2ccccc2)c1. The van der Waals surface area contributed by atoms with E-state index in [1.165, 1.54) is 13.3 Å². The highest BCUT2D eigenvalue weighted by Gasteiger charge is 2.08. The Kier molecular flexibility index (Phi) is 5.88. The molecule has 0 saturated carbocycles. The molecule has 0 fully saturated rings. The number of benzene rings is 2. The Morgan fingerprint density at radius 2 is 1.91 bits per heavy atom. The molecular weight excluding hydrogens is 294 g/mol. The summed E-state index contributed by atoms with van der Waals surface area (Å²) in [7, 11) is 1.52. The molecule has 2 N–H and O–H groups in total. The van der Waals surface area contributed by atoms with Gasteiger partial charge in [0.05, 0.1) is 19.9 Å². The molecule has 23 heavy (non-hydrogen) atoms. The third kappa shape index (κ3) is 5.28. The summed E-state index contributed by atoms with van der Waals surface area (Å²) in [5.74, 6) is -0.186. The lowest BCUT2D eigenvalue weighted by atomic mass is 10.2. The number of carbonyl (C=O) groups excluding carboxylic acids is 2. The van der Waals surface area contributed by atoms with Crippen LogP contribution in [0.1, 0.15) is 15.9 Å². The summed E-state index contributed by atoms with van der Waals surface area (Å²) >= 11 is 0. The Hall–Kier alpha value is -3.15. The molecule has 6 nitrogen and oxygen atoms in total. The zero-order valence-electron chi connectivity index (χ0n) is 12.7. The third-order valence-electron chi connectivity index (χ3n) is 2.94. The third-order valence-corrected chi connectivity index (χ3v) is 2.94. The summed E-state index contributed by atoms with van der Waals surface area (Å²) < 4.78 is 5.05. The first-order chi connectivity index (χ1) is 11.2. The van der Waals surface area contributed by atoms with E-state index in [9.17, 15) is 9.59 Å². The van der Waals surface area contributed by atoms with Gasteiger partial charge in [-0.05, 0) is 23.8 Å². The molecule has 0 bridgehead atoms. The standard InChI is InChI=1S/C17H17N3O3/c1-23-15-9-5-8-14(10-15)17(22)18-12-16(21)20-19-11-13-6-3-2-4-7-13/h2-11H,12H2,1H3,(H,18,22)(H,20,21)/b19-11+. The summed E-state index contributed by atoms with van der Waals surface area (Å²) in [6.45, 7) is -0.165. The number of hydrogen-bond acceptors (Lipinski definition) is 4. The maximum atomic E-state index is 11.9. The van der Waals surface area contributed by atoms with Crippen molar-refractivity contribution < 1.29 is 14.3 Å². The van der Waals surface area contributed by atoms with E-state index in [0.717, 1.165) is 5.56 Å². The van der Waals surface area contributed by atoms with Crippen molar-refractivity contribution in [1.82, 2.24) is 10.7 Å². The molecule has 0 atom stereocenters. The fraction of sp³-hybridized carbons (Fsp3) is 0.118. The molecule has 2 aromatic rings. The molecular formula is C17H17N3O3. The Labute approximate surface area is 134 Å². The van der Waals surface area contributed by atoms with Crippen LogP contribution in [0, 0.1) is 0 Å². The number of rotatable bonds is 6. The van der Waals surface area contributed by atoms with Crippen LogP contribution in [0.5, 0.6) is 5.75 Å². The van der Waals surface area contributed by atoms with Gasteiger partial charge >= 0.3 is 0 Å². The second kappa shape index (κ2) is 8.33. The van der Waals surface area contributed by atoms with Crippen molar-refractivity contribution in [2.24, 2.45) is 5.10 Å². The van der Waals surface area contributed by atoms with Gasteiger partial charge < -0.3 is 10.1 Å². The van der Waals surface area contributed by atoms with E-state index in [1.807, 2.05) is 30.3 Å². The number of nitrogens with zero attached hydrogens (tertiary/aromatic N) is 1. The zero-order chi connectivity index (χ0) is 16.5. The number of nitrogens with one attached hydrogen (secondary N) is 2. The van der Waals surface area contributed by atoms with E-state index in [-0.39, 0.29) is 12.5 Å². The average molecular weight is 311 g/mol. The minimum absolute atomic E-state index is 0.165. The van der Waals surface area contributed by atoms with E-state index in [0.29, 0.717) is 11.3 Å². The molecule has 0 heterocycles. The smallest absolute Gasteiger partial charge is 0.259 e. The van der Waals surface area contributed by atoms with Gasteiger partial charge in [0.1, 0.15) is 5.75 Å². The van der Waals surface area contributed by atoms with E-state index in [4.69, 9.17) is 4.74 Å². The highest BCUT2D eigenvalue weighted by Crippen LogP contribution is 2.12. The lowest BCUT2D eigenvalue weighted by Gasteiger charge is -2.05. The van der Waals surface area contributed by atoms with Gasteiger partial charge in [0.15, 0.2) is 0 Å². The molecule has 0 aromatic heterocycles. The predicted molar refractivity (Wildman–Crippen MR) is 87.5 cm³/mol. The molecule has 2 rings (SSSR count). The van der Waals surface area contributed by atoms with Crippen LogP contribution >= 0.6 is 0 Å². The molecule has 118 valence electrons. The zero-order valence-corrected chi connectivity index (χ0v) is 12.7. The van der Waals surface area contributed by atoms with Gasteiger partial charge in [-0.1, -0.05) is 36.4 Å². The number of hydrogen-bond donors (Lipinski definition) is 2. The van der Waals surface area contributed by atoms with Crippen LogP contribution in [0.25, 0.3) is 0 Å². The van der Waals surface area contributed by atoms with Gasteiger partial charge in [-0.25, -0.2) is 5.43 Å². The van der Waals surface area contributed by atoms with E-state index < -0.39 is 5.91 Å². The summed E-state index contributed by atoms with van der Waals surface area (Å²) in [5.41, 5.74) is 3.64. The topological polar surface area (TPSA) is 79.8 Å². The van der Waals surface area contributed by atoms with Crippen LogP contribution in [-0.4, -0.2) is 31.7 Å². The number of carbonyl (C=O) groups is 2. The lowest BCUT2D eigenvalue weighted by Crippen LogP contribution is -2.34. The van der Waals surface area contributed by atoms with Crippen molar-refractivity contribution in [2.45, 2.75) is 0 Å². The quantitative estimate of drug-likeness (QED) is 0.628. The molecule has 6 heteroatoms. The summed E-state index contributed by atoms with van der Waals surface area (Å²) in [4.78, 5) is 23.6. The Morgan fingerprint density at radius 1 is 1.13 bits per heavy atom. The first-order valence-corrected chi connectivity index (χ1v) is 6.98. The van der Waals surface area contributed by atoms with Crippen LogP contribution in [0.3, 0.4) is 0 Å². The monoisotopic (exact) mass is 311 g/mol. The number of hydrazone groups is 1. The lowest BCUT2D eigenvalue weighted by molar-refractivity contribution is -0.120. The fourth-order valence-corrected chi connectivity index (χ4v) is 1.78. The summed E-state index contributed by atoms with van der Waals surface area (Å²) in [6.07, 6.45) is 1.53. The Morgan fingerprint density at radius 3 is 2.65 bits per heavy atom. The molecule has 0 radical (unpaired) electrons. The van der Waals surface area contributed by atoms with Crippen LogP contribution in [0.15, 0.2) is 59.7 Å². The number of amides is 2. The van der Waals surface area contributed by atoms with Crippen LogP contribution in [0.2, 0.25) is 0 Å². The second-order valence-electron chi connectivity index (χ2n) is 4.62. The van der Waals surface area contributed by atoms with Crippen molar-refractivity contribution in [3.63, 3.8) is 0 Å². The highest BCUT2D eigenvalue weighted by molar-refractivity contribution is 5.96. The van der Waals surface area contributed by atoms with Crippen molar-refractivity contribution in [1.29, 1.82) is 0 Å². The minimum Gasteiger partial charge on any atom is -0.497 e. The van der Waals surface area contributed by atoms with Gasteiger partial charge in [0, 0.05) is 5.56 Å². The van der Waals surface area contributed by atoms with Crippen LogP contribution < -0.4 is 15.5 Å².